The third-order valence-corrected chi connectivity index (χ3v) is 4.03. The molecular weight excluding hydrogens is 338 g/mol. The van der Waals surface area contributed by atoms with Gasteiger partial charge in [0.1, 0.15) is 12.4 Å². The lowest BCUT2D eigenvalue weighted by Crippen LogP contribution is -2.36. The standard InChI is InChI=1S/C22H23N3O2/c26-22(24-15-13-18-6-2-1-3-7-18)25-16-19-9-11-21(12-10-19)27-17-20-8-4-5-14-23-20/h1-12,14H,13,15-17H2,(H2,24,25,26). The Morgan fingerprint density at radius 3 is 2.37 bits per heavy atom. The molecule has 0 spiro atoms. The Balaban J connectivity index is 1.36. The number of nitrogens with one attached hydrogen (secondary N) is 2. The molecule has 5 heteroatoms. The van der Waals surface area contributed by atoms with Crippen molar-refractivity contribution in [3.63, 3.8) is 0 Å². The number of pyridine rings is 1. The summed E-state index contributed by atoms with van der Waals surface area (Å²) in [5, 5.41) is 5.73. The van der Waals surface area contributed by atoms with Gasteiger partial charge in [-0.1, -0.05) is 48.5 Å². The molecule has 0 aliphatic rings. The van der Waals surface area contributed by atoms with E-state index in [1.807, 2.05) is 60.7 Å². The summed E-state index contributed by atoms with van der Waals surface area (Å²) in [6, 6.07) is 23.3. The Labute approximate surface area is 159 Å². The first kappa shape index (κ1) is 18.5. The summed E-state index contributed by atoms with van der Waals surface area (Å²) in [4.78, 5) is 16.1. The van der Waals surface area contributed by atoms with E-state index >= 15 is 0 Å². The summed E-state index contributed by atoms with van der Waals surface area (Å²) >= 11 is 0. The Hall–Kier alpha value is -3.34. The minimum atomic E-state index is -0.165. The third kappa shape index (κ3) is 6.47. The molecule has 3 rings (SSSR count). The predicted molar refractivity (Wildman–Crippen MR) is 105 cm³/mol. The normalized spacial score (nSPS) is 10.2. The number of rotatable bonds is 8. The van der Waals surface area contributed by atoms with Gasteiger partial charge in [-0.3, -0.25) is 4.98 Å². The van der Waals surface area contributed by atoms with Gasteiger partial charge in [-0.2, -0.15) is 0 Å². The highest BCUT2D eigenvalue weighted by Crippen LogP contribution is 2.13. The molecule has 0 saturated carbocycles. The second-order valence-corrected chi connectivity index (χ2v) is 6.10. The average molecular weight is 361 g/mol. The molecule has 3 aromatic rings. The van der Waals surface area contributed by atoms with E-state index < -0.39 is 0 Å². The van der Waals surface area contributed by atoms with Gasteiger partial charge in [0.2, 0.25) is 0 Å². The van der Waals surface area contributed by atoms with Crippen molar-refractivity contribution in [2.45, 2.75) is 19.6 Å². The summed E-state index contributed by atoms with van der Waals surface area (Å²) in [6.07, 6.45) is 2.56. The van der Waals surface area contributed by atoms with Crippen molar-refractivity contribution in [3.8, 4) is 5.75 Å². The molecule has 27 heavy (non-hydrogen) atoms. The van der Waals surface area contributed by atoms with Crippen molar-refractivity contribution in [3.05, 3.63) is 95.8 Å². The first-order valence-corrected chi connectivity index (χ1v) is 8.97. The molecule has 1 heterocycles. The van der Waals surface area contributed by atoms with Gasteiger partial charge in [-0.15, -0.1) is 0 Å². The molecule has 0 aliphatic carbocycles. The van der Waals surface area contributed by atoms with Crippen molar-refractivity contribution in [1.29, 1.82) is 0 Å². The van der Waals surface area contributed by atoms with Crippen molar-refractivity contribution in [1.82, 2.24) is 15.6 Å². The van der Waals surface area contributed by atoms with Crippen molar-refractivity contribution in [2.75, 3.05) is 6.54 Å². The fourth-order valence-electron chi connectivity index (χ4n) is 2.55. The molecule has 0 bridgehead atoms. The minimum Gasteiger partial charge on any atom is -0.487 e. The zero-order valence-corrected chi connectivity index (χ0v) is 15.1. The van der Waals surface area contributed by atoms with Gasteiger partial charge in [0.15, 0.2) is 0 Å². The Morgan fingerprint density at radius 1 is 0.852 bits per heavy atom. The zero-order valence-electron chi connectivity index (χ0n) is 15.1. The average Bonchev–Trinajstić information content (AvgIpc) is 2.73. The van der Waals surface area contributed by atoms with E-state index in [1.165, 1.54) is 5.56 Å². The molecular formula is C22H23N3O2. The minimum absolute atomic E-state index is 0.165. The fourth-order valence-corrected chi connectivity index (χ4v) is 2.55. The van der Waals surface area contributed by atoms with Crippen LogP contribution in [0.5, 0.6) is 5.75 Å². The van der Waals surface area contributed by atoms with E-state index in [9.17, 15) is 4.79 Å². The van der Waals surface area contributed by atoms with E-state index in [0.717, 1.165) is 23.4 Å². The molecule has 138 valence electrons. The van der Waals surface area contributed by atoms with Crippen LogP contribution >= 0.6 is 0 Å². The molecule has 0 saturated heterocycles. The summed E-state index contributed by atoms with van der Waals surface area (Å²) in [5.41, 5.74) is 3.10. The summed E-state index contributed by atoms with van der Waals surface area (Å²) < 4.78 is 5.71. The Kier molecular flexibility index (Phi) is 6.81. The monoisotopic (exact) mass is 361 g/mol. The largest absolute Gasteiger partial charge is 0.487 e. The van der Waals surface area contributed by atoms with Gasteiger partial charge in [0, 0.05) is 19.3 Å². The van der Waals surface area contributed by atoms with Gasteiger partial charge in [-0.25, -0.2) is 4.79 Å². The van der Waals surface area contributed by atoms with E-state index in [0.29, 0.717) is 19.7 Å². The molecule has 0 unspecified atom stereocenters. The molecule has 2 amide bonds. The number of ether oxygens (including phenoxy) is 1. The summed E-state index contributed by atoms with van der Waals surface area (Å²) in [6.45, 7) is 1.51. The number of carbonyl (C=O) groups is 1. The van der Waals surface area contributed by atoms with Crippen LogP contribution in [0.15, 0.2) is 79.0 Å². The van der Waals surface area contributed by atoms with Gasteiger partial charge in [-0.05, 0) is 41.8 Å². The number of aromatic nitrogens is 1. The second kappa shape index (κ2) is 9.97. The van der Waals surface area contributed by atoms with Crippen LogP contribution < -0.4 is 15.4 Å². The molecule has 0 fully saturated rings. The highest BCUT2D eigenvalue weighted by molar-refractivity contribution is 5.73. The van der Waals surface area contributed by atoms with Crippen LogP contribution in [0.2, 0.25) is 0 Å². The number of carbonyl (C=O) groups excluding carboxylic acids is 1. The van der Waals surface area contributed by atoms with E-state index in [2.05, 4.69) is 27.8 Å². The van der Waals surface area contributed by atoms with Gasteiger partial charge in [0.05, 0.1) is 5.69 Å². The van der Waals surface area contributed by atoms with Crippen molar-refractivity contribution < 1.29 is 9.53 Å². The number of urea groups is 1. The second-order valence-electron chi connectivity index (χ2n) is 6.10. The molecule has 5 nitrogen and oxygen atoms in total. The first-order valence-electron chi connectivity index (χ1n) is 8.97. The maximum Gasteiger partial charge on any atom is 0.315 e. The lowest BCUT2D eigenvalue weighted by molar-refractivity contribution is 0.240. The third-order valence-electron chi connectivity index (χ3n) is 4.03. The smallest absolute Gasteiger partial charge is 0.315 e. The van der Waals surface area contributed by atoms with E-state index in [4.69, 9.17) is 4.74 Å². The SMILES string of the molecule is O=C(NCCc1ccccc1)NCc1ccc(OCc2ccccn2)cc1. The number of nitrogens with zero attached hydrogens (tertiary/aromatic N) is 1. The number of benzene rings is 2. The van der Waals surface area contributed by atoms with Gasteiger partial charge < -0.3 is 15.4 Å². The van der Waals surface area contributed by atoms with Gasteiger partial charge >= 0.3 is 6.03 Å². The summed E-state index contributed by atoms with van der Waals surface area (Å²) in [5.74, 6) is 0.775. The molecule has 1 aromatic heterocycles. The molecule has 0 aliphatic heterocycles. The molecule has 2 N–H and O–H groups in total. The lowest BCUT2D eigenvalue weighted by Gasteiger charge is -2.09. The highest BCUT2D eigenvalue weighted by Gasteiger charge is 2.02. The van der Waals surface area contributed by atoms with Crippen molar-refractivity contribution >= 4 is 6.03 Å². The van der Waals surface area contributed by atoms with Crippen LogP contribution in [0.1, 0.15) is 16.8 Å². The van der Waals surface area contributed by atoms with Crippen LogP contribution in [0.3, 0.4) is 0 Å². The Morgan fingerprint density at radius 2 is 1.63 bits per heavy atom. The summed E-state index contributed by atoms with van der Waals surface area (Å²) in [7, 11) is 0. The van der Waals surface area contributed by atoms with Crippen LogP contribution in [0.25, 0.3) is 0 Å². The highest BCUT2D eigenvalue weighted by atomic mass is 16.5. The number of hydrogen-bond acceptors (Lipinski definition) is 3. The quantitative estimate of drug-likeness (QED) is 0.643. The fraction of sp³-hybridized carbons (Fsp3) is 0.182. The van der Waals surface area contributed by atoms with E-state index in [-0.39, 0.29) is 6.03 Å². The van der Waals surface area contributed by atoms with E-state index in [1.54, 1.807) is 6.20 Å². The first-order chi connectivity index (χ1) is 13.3. The van der Waals surface area contributed by atoms with Crippen LogP contribution in [-0.4, -0.2) is 17.6 Å². The van der Waals surface area contributed by atoms with Crippen LogP contribution in [-0.2, 0) is 19.6 Å². The molecule has 0 radical (unpaired) electrons. The van der Waals surface area contributed by atoms with Crippen LogP contribution in [0.4, 0.5) is 4.79 Å². The maximum atomic E-state index is 11.9. The lowest BCUT2D eigenvalue weighted by atomic mass is 10.1. The van der Waals surface area contributed by atoms with Crippen molar-refractivity contribution in [2.24, 2.45) is 0 Å². The number of hydrogen-bond donors (Lipinski definition) is 2. The maximum absolute atomic E-state index is 11.9. The van der Waals surface area contributed by atoms with Crippen LogP contribution in [0, 0.1) is 0 Å². The predicted octanol–water partition coefficient (Wildman–Crippen LogP) is 3.70. The molecule has 0 atom stereocenters. The van der Waals surface area contributed by atoms with Gasteiger partial charge in [0.25, 0.3) is 0 Å². The topological polar surface area (TPSA) is 63.2 Å². The molecule has 2 aromatic carbocycles. The zero-order chi connectivity index (χ0) is 18.7. The Bertz CT molecular complexity index is 821. The number of amides is 2.